The summed E-state index contributed by atoms with van der Waals surface area (Å²) in [5, 5.41) is 10.2. The van der Waals surface area contributed by atoms with E-state index in [1.54, 1.807) is 7.05 Å². The predicted molar refractivity (Wildman–Crippen MR) is 94.2 cm³/mol. The van der Waals surface area contributed by atoms with Gasteiger partial charge in [0.1, 0.15) is 6.26 Å². The molecule has 0 fully saturated rings. The minimum absolute atomic E-state index is 0.0127. The second-order valence-corrected chi connectivity index (χ2v) is 6.21. The molecule has 0 aliphatic heterocycles. The molecule has 3 N–H and O–H groups in total. The van der Waals surface area contributed by atoms with Gasteiger partial charge in [-0.3, -0.25) is 4.79 Å². The first kappa shape index (κ1) is 19.6. The molecule has 28 heavy (non-hydrogen) atoms. The van der Waals surface area contributed by atoms with Crippen molar-refractivity contribution in [3.63, 3.8) is 0 Å². The van der Waals surface area contributed by atoms with Crippen LogP contribution in [0.2, 0.25) is 0 Å². The quantitative estimate of drug-likeness (QED) is 0.670. The zero-order chi connectivity index (χ0) is 20.3. The highest BCUT2D eigenvalue weighted by Crippen LogP contribution is 2.32. The van der Waals surface area contributed by atoms with Crippen LogP contribution in [0.3, 0.4) is 0 Å². The summed E-state index contributed by atoms with van der Waals surface area (Å²) >= 11 is 0. The fourth-order valence-electron chi connectivity index (χ4n) is 2.83. The molecule has 0 aliphatic carbocycles. The molecule has 7 nitrogen and oxygen atoms in total. The van der Waals surface area contributed by atoms with E-state index in [1.165, 1.54) is 41.4 Å². The molecule has 3 rings (SSSR count). The molecular weight excluding hydrogens is 375 g/mol. The SMILES string of the molecule is Cn1nncc1-c1coc(C(=O)NC(CN)Cc2ccccc2C(F)(F)F)c1. The van der Waals surface area contributed by atoms with Crippen LogP contribution in [0.1, 0.15) is 21.7 Å². The molecule has 1 amide bonds. The van der Waals surface area contributed by atoms with Crippen molar-refractivity contribution in [2.45, 2.75) is 18.6 Å². The van der Waals surface area contributed by atoms with Gasteiger partial charge in [-0.15, -0.1) is 5.10 Å². The maximum absolute atomic E-state index is 13.2. The van der Waals surface area contributed by atoms with Crippen molar-refractivity contribution >= 4 is 5.91 Å². The number of amides is 1. The molecule has 0 saturated carbocycles. The molecule has 2 aromatic heterocycles. The fraction of sp³-hybridized carbons (Fsp3) is 0.278. The van der Waals surface area contributed by atoms with E-state index in [4.69, 9.17) is 10.2 Å². The minimum atomic E-state index is -4.48. The van der Waals surface area contributed by atoms with Crippen LogP contribution in [0.4, 0.5) is 13.2 Å². The zero-order valence-electron chi connectivity index (χ0n) is 14.9. The molecule has 0 bridgehead atoms. The van der Waals surface area contributed by atoms with Crippen molar-refractivity contribution in [2.24, 2.45) is 12.8 Å². The highest BCUT2D eigenvalue weighted by molar-refractivity contribution is 5.92. The first-order valence-electron chi connectivity index (χ1n) is 8.39. The zero-order valence-corrected chi connectivity index (χ0v) is 14.9. The van der Waals surface area contributed by atoms with E-state index < -0.39 is 23.7 Å². The molecular formula is C18H18F3N5O2. The number of furan rings is 1. The first-order valence-corrected chi connectivity index (χ1v) is 8.39. The second kappa shape index (κ2) is 7.85. The number of benzene rings is 1. The number of nitrogens with zero attached hydrogens (tertiary/aromatic N) is 3. The molecule has 1 atom stereocenters. The van der Waals surface area contributed by atoms with Crippen molar-refractivity contribution in [1.29, 1.82) is 0 Å². The van der Waals surface area contributed by atoms with Crippen molar-refractivity contribution in [2.75, 3.05) is 6.54 Å². The summed E-state index contributed by atoms with van der Waals surface area (Å²) in [6.45, 7) is -0.0306. The van der Waals surface area contributed by atoms with E-state index in [0.717, 1.165) is 6.07 Å². The number of nitrogens with two attached hydrogens (primary N) is 1. The van der Waals surface area contributed by atoms with Gasteiger partial charge < -0.3 is 15.5 Å². The maximum atomic E-state index is 13.2. The molecule has 1 aromatic carbocycles. The van der Waals surface area contributed by atoms with E-state index in [-0.39, 0.29) is 24.3 Å². The molecule has 10 heteroatoms. The number of nitrogens with one attached hydrogen (secondary N) is 1. The third-order valence-electron chi connectivity index (χ3n) is 4.24. The Hall–Kier alpha value is -3.14. The molecule has 0 aliphatic rings. The third-order valence-corrected chi connectivity index (χ3v) is 4.24. The van der Waals surface area contributed by atoms with Crippen LogP contribution in [0.5, 0.6) is 0 Å². The Morgan fingerprint density at radius 1 is 1.36 bits per heavy atom. The lowest BCUT2D eigenvalue weighted by atomic mass is 9.99. The van der Waals surface area contributed by atoms with Gasteiger partial charge in [-0.05, 0) is 24.1 Å². The lowest BCUT2D eigenvalue weighted by molar-refractivity contribution is -0.138. The van der Waals surface area contributed by atoms with E-state index in [9.17, 15) is 18.0 Å². The number of aryl methyl sites for hydroxylation is 1. The Morgan fingerprint density at radius 2 is 2.11 bits per heavy atom. The summed E-state index contributed by atoms with van der Waals surface area (Å²) in [5.74, 6) is -0.555. The van der Waals surface area contributed by atoms with Gasteiger partial charge in [0.15, 0.2) is 5.76 Å². The topological polar surface area (TPSA) is 99.0 Å². The predicted octanol–water partition coefficient (Wildman–Crippen LogP) is 2.39. The number of aromatic nitrogens is 3. The molecule has 3 aromatic rings. The van der Waals surface area contributed by atoms with Crippen molar-refractivity contribution in [1.82, 2.24) is 20.3 Å². The second-order valence-electron chi connectivity index (χ2n) is 6.21. The van der Waals surface area contributed by atoms with Gasteiger partial charge in [-0.2, -0.15) is 13.2 Å². The summed E-state index contributed by atoms with van der Waals surface area (Å²) in [7, 11) is 1.69. The largest absolute Gasteiger partial charge is 0.458 e. The number of alkyl halides is 3. The van der Waals surface area contributed by atoms with Crippen molar-refractivity contribution < 1.29 is 22.4 Å². The summed E-state index contributed by atoms with van der Waals surface area (Å²) in [5.41, 5.74) is 6.23. The van der Waals surface area contributed by atoms with Gasteiger partial charge in [-0.25, -0.2) is 4.68 Å². The highest BCUT2D eigenvalue weighted by Gasteiger charge is 2.33. The van der Waals surface area contributed by atoms with Gasteiger partial charge in [0.05, 0.1) is 17.5 Å². The molecule has 2 heterocycles. The number of hydrogen-bond donors (Lipinski definition) is 2. The van der Waals surface area contributed by atoms with Gasteiger partial charge >= 0.3 is 6.18 Å². The van der Waals surface area contributed by atoms with Crippen molar-refractivity contribution in [3.05, 3.63) is 59.7 Å². The van der Waals surface area contributed by atoms with Crippen molar-refractivity contribution in [3.8, 4) is 11.3 Å². The lowest BCUT2D eigenvalue weighted by Gasteiger charge is -2.19. The summed E-state index contributed by atoms with van der Waals surface area (Å²) in [6.07, 6.45) is -1.64. The lowest BCUT2D eigenvalue weighted by Crippen LogP contribution is -2.41. The normalized spacial score (nSPS) is 12.8. The van der Waals surface area contributed by atoms with Gasteiger partial charge in [0.25, 0.3) is 5.91 Å². The van der Waals surface area contributed by atoms with Crippen LogP contribution in [0.25, 0.3) is 11.3 Å². The van der Waals surface area contributed by atoms with Crippen LogP contribution >= 0.6 is 0 Å². The Balaban J connectivity index is 1.73. The van der Waals surface area contributed by atoms with E-state index in [0.29, 0.717) is 11.3 Å². The van der Waals surface area contributed by atoms with Crippen LogP contribution in [-0.4, -0.2) is 33.5 Å². The molecule has 0 spiro atoms. The summed E-state index contributed by atoms with van der Waals surface area (Å²) < 4.78 is 46.3. The Labute approximate surface area is 158 Å². The van der Waals surface area contributed by atoms with Crippen LogP contribution < -0.4 is 11.1 Å². The third kappa shape index (κ3) is 4.22. The number of rotatable bonds is 6. The summed E-state index contributed by atoms with van der Waals surface area (Å²) in [6, 6.07) is 6.03. The molecule has 0 saturated heterocycles. The maximum Gasteiger partial charge on any atom is 0.416 e. The summed E-state index contributed by atoms with van der Waals surface area (Å²) in [4.78, 5) is 12.4. The van der Waals surface area contributed by atoms with Gasteiger partial charge in [0, 0.05) is 25.2 Å². The van der Waals surface area contributed by atoms with Crippen LogP contribution in [0, 0.1) is 0 Å². The molecule has 148 valence electrons. The fourth-order valence-corrected chi connectivity index (χ4v) is 2.83. The molecule has 1 unspecified atom stereocenters. The van der Waals surface area contributed by atoms with Crippen LogP contribution in [-0.2, 0) is 19.6 Å². The average molecular weight is 393 g/mol. The Morgan fingerprint density at radius 3 is 2.75 bits per heavy atom. The van der Waals surface area contributed by atoms with E-state index >= 15 is 0 Å². The standard InChI is InChI=1S/C18H18F3N5O2/c1-26-15(9-23-25-26)12-7-16(28-10-12)17(27)24-13(8-22)6-11-4-2-3-5-14(11)18(19,20)21/h2-5,7,9-10,13H,6,8,22H2,1H3,(H,24,27). The smallest absolute Gasteiger partial charge is 0.416 e. The highest BCUT2D eigenvalue weighted by atomic mass is 19.4. The monoisotopic (exact) mass is 393 g/mol. The Kier molecular flexibility index (Phi) is 5.50. The number of carbonyl (C=O) groups excluding carboxylic acids is 1. The molecule has 0 radical (unpaired) electrons. The van der Waals surface area contributed by atoms with E-state index in [1.807, 2.05) is 0 Å². The van der Waals surface area contributed by atoms with Crippen LogP contribution in [0.15, 0.2) is 47.2 Å². The first-order chi connectivity index (χ1) is 13.3. The van der Waals surface area contributed by atoms with E-state index in [2.05, 4.69) is 15.6 Å². The Bertz CT molecular complexity index is 964. The number of hydrogen-bond acceptors (Lipinski definition) is 5. The van der Waals surface area contributed by atoms with Gasteiger partial charge in [-0.1, -0.05) is 23.4 Å². The minimum Gasteiger partial charge on any atom is -0.458 e. The number of carbonyl (C=O) groups is 1. The number of halogens is 3. The van der Waals surface area contributed by atoms with Gasteiger partial charge in [0.2, 0.25) is 0 Å². The average Bonchev–Trinajstić information content (AvgIpc) is 3.29.